The van der Waals surface area contributed by atoms with Gasteiger partial charge in [0.25, 0.3) is 0 Å². The molecule has 0 radical (unpaired) electrons. The third-order valence-corrected chi connectivity index (χ3v) is 3.93. The normalized spacial score (nSPS) is 21.2. The number of halogens is 2. The first-order valence-corrected chi connectivity index (χ1v) is 6.90. The molecule has 2 aromatic carbocycles. The van der Waals surface area contributed by atoms with Crippen LogP contribution < -0.4 is 10.5 Å². The van der Waals surface area contributed by atoms with E-state index in [0.29, 0.717) is 11.4 Å². The van der Waals surface area contributed by atoms with Crippen molar-refractivity contribution in [3.05, 3.63) is 63.9 Å². The highest BCUT2D eigenvalue weighted by molar-refractivity contribution is 6.30. The molecule has 1 aliphatic rings. The molecule has 4 heteroatoms. The summed E-state index contributed by atoms with van der Waals surface area (Å²) in [6.45, 7) is 1.95. The fourth-order valence-corrected chi connectivity index (χ4v) is 2.80. The van der Waals surface area contributed by atoms with E-state index < -0.39 is 0 Å². The Balaban J connectivity index is 1.99. The standard InChI is InChI=1S/C16H15ClFNO/c1-9-2-4-11(18)7-12(9)16-8-14(19)13-6-10(17)3-5-15(13)20-16/h2-7,14,16H,8,19H2,1H3/t14-,16?/m1/s1. The zero-order valence-electron chi connectivity index (χ0n) is 11.1. The van der Waals surface area contributed by atoms with Gasteiger partial charge in [-0.25, -0.2) is 4.39 Å². The fourth-order valence-electron chi connectivity index (χ4n) is 2.62. The summed E-state index contributed by atoms with van der Waals surface area (Å²) < 4.78 is 19.4. The topological polar surface area (TPSA) is 35.2 Å². The Bertz CT molecular complexity index is 659. The Hall–Kier alpha value is -1.58. The van der Waals surface area contributed by atoms with Gasteiger partial charge in [0.05, 0.1) is 0 Å². The molecule has 0 aliphatic carbocycles. The molecule has 0 amide bonds. The van der Waals surface area contributed by atoms with Gasteiger partial charge in [0, 0.05) is 23.0 Å². The van der Waals surface area contributed by atoms with Crippen LogP contribution >= 0.6 is 11.6 Å². The van der Waals surface area contributed by atoms with Gasteiger partial charge in [-0.05, 0) is 48.4 Å². The molecule has 0 aromatic heterocycles. The van der Waals surface area contributed by atoms with Gasteiger partial charge >= 0.3 is 0 Å². The Kier molecular flexibility index (Phi) is 3.40. The smallest absolute Gasteiger partial charge is 0.126 e. The number of rotatable bonds is 1. The summed E-state index contributed by atoms with van der Waals surface area (Å²) >= 11 is 5.98. The Morgan fingerprint density at radius 3 is 2.80 bits per heavy atom. The molecule has 0 saturated carbocycles. The van der Waals surface area contributed by atoms with E-state index >= 15 is 0 Å². The number of fused-ring (bicyclic) bond motifs is 1. The average Bonchev–Trinajstić information content (AvgIpc) is 2.42. The van der Waals surface area contributed by atoms with Crippen molar-refractivity contribution in [3.63, 3.8) is 0 Å². The van der Waals surface area contributed by atoms with E-state index in [1.54, 1.807) is 12.1 Å². The van der Waals surface area contributed by atoms with Crippen molar-refractivity contribution in [2.45, 2.75) is 25.5 Å². The summed E-state index contributed by atoms with van der Waals surface area (Å²) in [5, 5.41) is 0.642. The van der Waals surface area contributed by atoms with Crippen LogP contribution in [-0.4, -0.2) is 0 Å². The molecule has 20 heavy (non-hydrogen) atoms. The molecule has 3 rings (SSSR count). The van der Waals surface area contributed by atoms with E-state index in [1.807, 2.05) is 19.1 Å². The van der Waals surface area contributed by atoms with Crippen LogP contribution in [0.3, 0.4) is 0 Å². The number of ether oxygens (including phenoxy) is 1. The third kappa shape index (κ3) is 2.39. The lowest BCUT2D eigenvalue weighted by atomic mass is 9.91. The first-order chi connectivity index (χ1) is 9.54. The number of hydrogen-bond acceptors (Lipinski definition) is 2. The fraction of sp³-hybridized carbons (Fsp3) is 0.250. The highest BCUT2D eigenvalue weighted by Gasteiger charge is 2.28. The molecule has 2 nitrogen and oxygen atoms in total. The molecule has 1 heterocycles. The maximum Gasteiger partial charge on any atom is 0.126 e. The predicted molar refractivity (Wildman–Crippen MR) is 77.5 cm³/mol. The molecule has 1 aliphatic heterocycles. The maximum atomic E-state index is 13.4. The third-order valence-electron chi connectivity index (χ3n) is 3.70. The summed E-state index contributed by atoms with van der Waals surface area (Å²) in [7, 11) is 0. The lowest BCUT2D eigenvalue weighted by Crippen LogP contribution is -2.24. The number of nitrogens with two attached hydrogens (primary N) is 1. The highest BCUT2D eigenvalue weighted by atomic mass is 35.5. The van der Waals surface area contributed by atoms with Crippen molar-refractivity contribution >= 4 is 11.6 Å². The highest BCUT2D eigenvalue weighted by Crippen LogP contribution is 2.41. The van der Waals surface area contributed by atoms with Gasteiger partial charge in [-0.2, -0.15) is 0 Å². The molecule has 1 unspecified atom stereocenters. The SMILES string of the molecule is Cc1ccc(F)cc1C1C[C@@H](N)c2cc(Cl)ccc2O1. The zero-order chi connectivity index (χ0) is 14.3. The predicted octanol–water partition coefficient (Wildman–Crippen LogP) is 4.31. The van der Waals surface area contributed by atoms with Crippen molar-refractivity contribution in [1.82, 2.24) is 0 Å². The summed E-state index contributed by atoms with van der Waals surface area (Å²) in [5.74, 6) is 0.464. The van der Waals surface area contributed by atoms with Gasteiger partial charge in [0.1, 0.15) is 17.7 Å². The minimum Gasteiger partial charge on any atom is -0.485 e. The second-order valence-corrected chi connectivity index (χ2v) is 5.57. The van der Waals surface area contributed by atoms with Gasteiger partial charge in [0.2, 0.25) is 0 Å². The molecule has 2 aromatic rings. The summed E-state index contributed by atoms with van der Waals surface area (Å²) in [5.41, 5.74) is 8.95. The van der Waals surface area contributed by atoms with Gasteiger partial charge in [-0.15, -0.1) is 0 Å². The van der Waals surface area contributed by atoms with E-state index in [9.17, 15) is 4.39 Å². The first kappa shape index (κ1) is 13.4. The van der Waals surface area contributed by atoms with Crippen molar-refractivity contribution in [3.8, 4) is 5.75 Å². The number of hydrogen-bond donors (Lipinski definition) is 1. The van der Waals surface area contributed by atoms with Gasteiger partial charge < -0.3 is 10.5 Å². The van der Waals surface area contributed by atoms with E-state index in [0.717, 1.165) is 22.4 Å². The number of aryl methyl sites for hydroxylation is 1. The van der Waals surface area contributed by atoms with Crippen LogP contribution in [0.5, 0.6) is 5.75 Å². The van der Waals surface area contributed by atoms with Crippen LogP contribution in [0.4, 0.5) is 4.39 Å². The van der Waals surface area contributed by atoms with E-state index in [1.165, 1.54) is 12.1 Å². The Morgan fingerprint density at radius 2 is 2.00 bits per heavy atom. The molecule has 0 bridgehead atoms. The van der Waals surface area contributed by atoms with Crippen molar-refractivity contribution in [1.29, 1.82) is 0 Å². The average molecular weight is 292 g/mol. The van der Waals surface area contributed by atoms with Gasteiger partial charge in [-0.3, -0.25) is 0 Å². The van der Waals surface area contributed by atoms with E-state index in [2.05, 4.69) is 0 Å². The number of benzene rings is 2. The van der Waals surface area contributed by atoms with Crippen molar-refractivity contribution in [2.75, 3.05) is 0 Å². The Morgan fingerprint density at radius 1 is 1.20 bits per heavy atom. The van der Waals surface area contributed by atoms with Crippen LogP contribution in [-0.2, 0) is 0 Å². The molecule has 0 spiro atoms. The molecular weight excluding hydrogens is 277 g/mol. The second kappa shape index (κ2) is 5.08. The first-order valence-electron chi connectivity index (χ1n) is 6.52. The van der Waals surface area contributed by atoms with Crippen LogP contribution in [0, 0.1) is 12.7 Å². The van der Waals surface area contributed by atoms with Crippen LogP contribution in [0.25, 0.3) is 0 Å². The lowest BCUT2D eigenvalue weighted by Gasteiger charge is -2.31. The quantitative estimate of drug-likeness (QED) is 0.849. The molecule has 104 valence electrons. The monoisotopic (exact) mass is 291 g/mol. The van der Waals surface area contributed by atoms with E-state index in [-0.39, 0.29) is 18.0 Å². The van der Waals surface area contributed by atoms with Crippen molar-refractivity contribution in [2.24, 2.45) is 5.73 Å². The molecule has 2 atom stereocenters. The van der Waals surface area contributed by atoms with Crippen LogP contribution in [0.1, 0.15) is 35.3 Å². The zero-order valence-corrected chi connectivity index (χ0v) is 11.8. The van der Waals surface area contributed by atoms with Crippen LogP contribution in [0.15, 0.2) is 36.4 Å². The maximum absolute atomic E-state index is 13.4. The van der Waals surface area contributed by atoms with Crippen molar-refractivity contribution < 1.29 is 9.13 Å². The minimum atomic E-state index is -0.260. The molecule has 0 fully saturated rings. The summed E-state index contributed by atoms with van der Waals surface area (Å²) in [4.78, 5) is 0. The van der Waals surface area contributed by atoms with Gasteiger partial charge in [-0.1, -0.05) is 17.7 Å². The summed E-state index contributed by atoms with van der Waals surface area (Å²) in [6.07, 6.45) is 0.381. The van der Waals surface area contributed by atoms with E-state index in [4.69, 9.17) is 22.1 Å². The minimum absolute atomic E-state index is 0.162. The molecule has 2 N–H and O–H groups in total. The molecule has 0 saturated heterocycles. The summed E-state index contributed by atoms with van der Waals surface area (Å²) in [6, 6.07) is 9.99. The Labute approximate surface area is 122 Å². The largest absolute Gasteiger partial charge is 0.485 e. The lowest BCUT2D eigenvalue weighted by molar-refractivity contribution is 0.160. The van der Waals surface area contributed by atoms with Gasteiger partial charge in [0.15, 0.2) is 0 Å². The second-order valence-electron chi connectivity index (χ2n) is 5.13. The molecular formula is C16H15ClFNO. The van der Waals surface area contributed by atoms with Crippen LogP contribution in [0.2, 0.25) is 5.02 Å².